The lowest BCUT2D eigenvalue weighted by Gasteiger charge is -2.46. The van der Waals surface area contributed by atoms with Gasteiger partial charge in [0.1, 0.15) is 0 Å². The van der Waals surface area contributed by atoms with Gasteiger partial charge in [-0.05, 0) is 31.7 Å². The van der Waals surface area contributed by atoms with Crippen molar-refractivity contribution in [2.75, 3.05) is 6.61 Å². The van der Waals surface area contributed by atoms with Gasteiger partial charge in [0.25, 0.3) is 0 Å². The molecule has 2 aliphatic rings. The van der Waals surface area contributed by atoms with Crippen molar-refractivity contribution in [2.24, 2.45) is 0 Å². The highest BCUT2D eigenvalue weighted by atomic mass is 19.4. The summed E-state index contributed by atoms with van der Waals surface area (Å²) >= 11 is 0. The van der Waals surface area contributed by atoms with Gasteiger partial charge in [-0.1, -0.05) is 12.5 Å². The molecule has 132 valence electrons. The van der Waals surface area contributed by atoms with Crippen LogP contribution in [0.4, 0.5) is 13.2 Å². The molecule has 3 heterocycles. The highest BCUT2D eigenvalue weighted by molar-refractivity contribution is 5.20. The number of fused-ring (bicyclic) bond motifs is 2. The summed E-state index contributed by atoms with van der Waals surface area (Å²) < 4.78 is 43.6. The first kappa shape index (κ1) is 17.2. The third-order valence-corrected chi connectivity index (χ3v) is 4.58. The normalized spacial score (nSPS) is 27.7. The molecule has 3 rings (SSSR count). The maximum atomic E-state index is 12.6. The highest BCUT2D eigenvalue weighted by Gasteiger charge is 2.40. The van der Waals surface area contributed by atoms with Crippen molar-refractivity contribution in [3.05, 3.63) is 36.5 Å². The topological polar surface area (TPSA) is 34.6 Å². The van der Waals surface area contributed by atoms with Crippen LogP contribution in [0.2, 0.25) is 0 Å². The summed E-state index contributed by atoms with van der Waals surface area (Å²) in [5.41, 5.74) is -0.772. The number of halogens is 3. The first-order valence-electron chi connectivity index (χ1n) is 8.19. The Bertz CT molecular complexity index is 548. The zero-order chi connectivity index (χ0) is 17.2. The van der Waals surface area contributed by atoms with Crippen LogP contribution < -0.4 is 4.84 Å². The minimum Gasteiger partial charge on any atom is -0.385 e. The summed E-state index contributed by atoms with van der Waals surface area (Å²) in [5, 5.41) is 1.91. The lowest BCUT2D eigenvalue weighted by Crippen LogP contribution is -2.55. The Morgan fingerprint density at radius 2 is 1.96 bits per heavy atom. The minimum absolute atomic E-state index is 0.179. The van der Waals surface area contributed by atoms with E-state index in [-0.39, 0.29) is 24.1 Å². The summed E-state index contributed by atoms with van der Waals surface area (Å²) in [6.45, 7) is 4.20. The standard InChI is InChI=1S/C17H21F3N2O2/c1-2-8-23-15-9-13-4-3-5-14(10-15)22(13)24-16-7-6-12(11-21-16)17(18,19)20/h2,6-7,11,13-15H,1,3-5,8-10H2/t13-,14+,15+. The predicted octanol–water partition coefficient (Wildman–Crippen LogP) is 3.98. The van der Waals surface area contributed by atoms with Gasteiger partial charge in [0, 0.05) is 24.3 Å². The Kier molecular flexibility index (Phi) is 5.10. The lowest BCUT2D eigenvalue weighted by atomic mass is 9.85. The van der Waals surface area contributed by atoms with Gasteiger partial charge in [0.2, 0.25) is 5.88 Å². The largest absolute Gasteiger partial charge is 0.417 e. The molecule has 2 saturated heterocycles. The SMILES string of the molecule is C=CCO[C@H]1C[C@H]2CCC[C@@H](C1)N2Oc1ccc(C(F)(F)F)cn1. The van der Waals surface area contributed by atoms with Gasteiger partial charge in [-0.3, -0.25) is 0 Å². The highest BCUT2D eigenvalue weighted by Crippen LogP contribution is 2.36. The quantitative estimate of drug-likeness (QED) is 0.758. The van der Waals surface area contributed by atoms with Gasteiger partial charge in [0.05, 0.1) is 18.3 Å². The van der Waals surface area contributed by atoms with E-state index in [9.17, 15) is 13.2 Å². The molecule has 7 heteroatoms. The molecular formula is C17H21F3N2O2. The molecule has 0 N–H and O–H groups in total. The van der Waals surface area contributed by atoms with Crippen LogP contribution in [0.15, 0.2) is 31.0 Å². The Morgan fingerprint density at radius 3 is 2.50 bits per heavy atom. The summed E-state index contributed by atoms with van der Waals surface area (Å²) in [5.74, 6) is 0.199. The van der Waals surface area contributed by atoms with Crippen molar-refractivity contribution in [3.63, 3.8) is 0 Å². The van der Waals surface area contributed by atoms with Crippen LogP contribution in [0.5, 0.6) is 5.88 Å². The fourth-order valence-corrected chi connectivity index (χ4v) is 3.49. The smallest absolute Gasteiger partial charge is 0.385 e. The number of alkyl halides is 3. The summed E-state index contributed by atoms with van der Waals surface area (Å²) in [4.78, 5) is 9.63. The number of aromatic nitrogens is 1. The molecule has 0 amide bonds. The predicted molar refractivity (Wildman–Crippen MR) is 82.3 cm³/mol. The third kappa shape index (κ3) is 3.89. The Hall–Kier alpha value is -1.60. The summed E-state index contributed by atoms with van der Waals surface area (Å²) in [6, 6.07) is 2.68. The maximum Gasteiger partial charge on any atom is 0.417 e. The number of hydroxylamine groups is 2. The van der Waals surface area contributed by atoms with Crippen LogP contribution in [0.3, 0.4) is 0 Å². The van der Waals surface area contributed by atoms with Gasteiger partial charge in [0.15, 0.2) is 0 Å². The van der Waals surface area contributed by atoms with Gasteiger partial charge in [-0.2, -0.15) is 13.2 Å². The van der Waals surface area contributed by atoms with E-state index in [1.54, 1.807) is 6.08 Å². The molecule has 2 fully saturated rings. The average molecular weight is 342 g/mol. The number of nitrogens with zero attached hydrogens (tertiary/aromatic N) is 2. The molecule has 0 spiro atoms. The molecule has 0 radical (unpaired) electrons. The van der Waals surface area contributed by atoms with E-state index in [1.165, 1.54) is 6.07 Å². The number of ether oxygens (including phenoxy) is 1. The van der Waals surface area contributed by atoms with E-state index < -0.39 is 11.7 Å². The average Bonchev–Trinajstić information content (AvgIpc) is 2.53. The number of pyridine rings is 1. The number of hydrogen-bond donors (Lipinski definition) is 0. The van der Waals surface area contributed by atoms with Crippen LogP contribution in [-0.2, 0) is 10.9 Å². The molecule has 4 nitrogen and oxygen atoms in total. The van der Waals surface area contributed by atoms with Crippen molar-refractivity contribution in [2.45, 2.75) is 56.5 Å². The first-order valence-corrected chi connectivity index (χ1v) is 8.19. The zero-order valence-electron chi connectivity index (χ0n) is 13.3. The minimum atomic E-state index is -4.39. The monoisotopic (exact) mass is 342 g/mol. The van der Waals surface area contributed by atoms with Crippen molar-refractivity contribution >= 4 is 0 Å². The van der Waals surface area contributed by atoms with Crippen LogP contribution >= 0.6 is 0 Å². The van der Waals surface area contributed by atoms with Crippen LogP contribution in [0.25, 0.3) is 0 Å². The fourth-order valence-electron chi connectivity index (χ4n) is 3.49. The maximum absolute atomic E-state index is 12.6. The Balaban J connectivity index is 1.65. The molecule has 0 unspecified atom stereocenters. The van der Waals surface area contributed by atoms with E-state index in [0.717, 1.165) is 44.4 Å². The fraction of sp³-hybridized carbons (Fsp3) is 0.588. The van der Waals surface area contributed by atoms with Gasteiger partial charge >= 0.3 is 6.18 Å². The molecule has 0 aromatic carbocycles. The molecule has 1 aromatic rings. The molecule has 0 saturated carbocycles. The second-order valence-corrected chi connectivity index (χ2v) is 6.29. The van der Waals surface area contributed by atoms with Gasteiger partial charge < -0.3 is 9.57 Å². The zero-order valence-corrected chi connectivity index (χ0v) is 13.3. The molecule has 2 aliphatic heterocycles. The van der Waals surface area contributed by atoms with Crippen molar-refractivity contribution in [1.29, 1.82) is 0 Å². The molecule has 0 aliphatic carbocycles. The van der Waals surface area contributed by atoms with Crippen molar-refractivity contribution < 1.29 is 22.7 Å². The second kappa shape index (κ2) is 7.11. The van der Waals surface area contributed by atoms with Crippen LogP contribution in [0, 0.1) is 0 Å². The molecule has 3 atom stereocenters. The Morgan fingerprint density at radius 1 is 1.25 bits per heavy atom. The van der Waals surface area contributed by atoms with Gasteiger partial charge in [-0.25, -0.2) is 4.98 Å². The molecule has 2 bridgehead atoms. The third-order valence-electron chi connectivity index (χ3n) is 4.58. The van der Waals surface area contributed by atoms with E-state index in [1.807, 2.05) is 5.06 Å². The van der Waals surface area contributed by atoms with Crippen LogP contribution in [0.1, 0.15) is 37.7 Å². The number of piperidine rings is 2. The summed E-state index contributed by atoms with van der Waals surface area (Å²) in [6.07, 6.45) is 3.16. The van der Waals surface area contributed by atoms with Gasteiger partial charge in [-0.15, -0.1) is 11.6 Å². The summed E-state index contributed by atoms with van der Waals surface area (Å²) in [7, 11) is 0. The molecule has 24 heavy (non-hydrogen) atoms. The van der Waals surface area contributed by atoms with Crippen LogP contribution in [-0.4, -0.2) is 34.8 Å². The second-order valence-electron chi connectivity index (χ2n) is 6.29. The van der Waals surface area contributed by atoms with Crippen molar-refractivity contribution in [3.8, 4) is 5.88 Å². The Labute approximate surface area is 139 Å². The van der Waals surface area contributed by atoms with E-state index >= 15 is 0 Å². The van der Waals surface area contributed by atoms with Crippen molar-refractivity contribution in [1.82, 2.24) is 10.0 Å². The number of rotatable bonds is 5. The van der Waals surface area contributed by atoms with E-state index in [0.29, 0.717) is 6.61 Å². The van der Waals surface area contributed by atoms with E-state index in [4.69, 9.17) is 9.57 Å². The molecular weight excluding hydrogens is 321 g/mol. The lowest BCUT2D eigenvalue weighted by molar-refractivity contribution is -0.193. The first-order chi connectivity index (χ1) is 11.5. The number of hydrogen-bond acceptors (Lipinski definition) is 4. The van der Waals surface area contributed by atoms with E-state index in [2.05, 4.69) is 11.6 Å². The molecule has 1 aromatic heterocycles.